The fourth-order valence-electron chi connectivity index (χ4n) is 4.38. The molecule has 4 heteroatoms. The van der Waals surface area contributed by atoms with Gasteiger partial charge in [0.25, 0.3) is 0 Å². The number of hydrogen-bond donors (Lipinski definition) is 0. The highest BCUT2D eigenvalue weighted by atomic mass is 32.1. The molecule has 6 aromatic rings. The first kappa shape index (κ1) is 18.9. The predicted molar refractivity (Wildman–Crippen MR) is 136 cm³/mol. The molecular weight excluding hydrogens is 416 g/mol. The van der Waals surface area contributed by atoms with Gasteiger partial charge in [0, 0.05) is 15.6 Å². The molecule has 0 saturated heterocycles. The van der Waals surface area contributed by atoms with Crippen molar-refractivity contribution in [3.63, 3.8) is 0 Å². The van der Waals surface area contributed by atoms with Gasteiger partial charge in [0.05, 0.1) is 19.8 Å². The second-order valence-electron chi connectivity index (χ2n) is 9.39. The van der Waals surface area contributed by atoms with Crippen LogP contribution in [0.4, 0.5) is 0 Å². The lowest BCUT2D eigenvalue weighted by molar-refractivity contribution is 0.411. The number of fused-ring (bicyclic) bond motifs is 6. The van der Waals surface area contributed by atoms with E-state index in [-0.39, 0.29) is 5.41 Å². The van der Waals surface area contributed by atoms with E-state index in [4.69, 9.17) is 9.97 Å². The lowest BCUT2D eigenvalue weighted by Gasteiger charge is -2.18. The number of nitrogens with zero attached hydrogens (tertiary/aromatic N) is 2. The zero-order chi connectivity index (χ0) is 21.2. The largest absolute Gasteiger partial charge is 0.235 e. The van der Waals surface area contributed by atoms with Gasteiger partial charge in [-0.15, -0.1) is 22.7 Å². The maximum Gasteiger partial charge on any atom is 0.116 e. The van der Waals surface area contributed by atoms with E-state index in [9.17, 15) is 0 Å². The van der Waals surface area contributed by atoms with Crippen LogP contribution < -0.4 is 0 Å². The van der Waals surface area contributed by atoms with E-state index < -0.39 is 0 Å². The Labute approximate surface area is 189 Å². The first-order valence-electron chi connectivity index (χ1n) is 10.5. The van der Waals surface area contributed by atoms with E-state index in [1.54, 1.807) is 6.33 Å². The van der Waals surface area contributed by atoms with Crippen LogP contribution in [0.1, 0.15) is 26.3 Å². The van der Waals surface area contributed by atoms with Crippen LogP contribution in [-0.4, -0.2) is 9.97 Å². The van der Waals surface area contributed by atoms with Crippen LogP contribution in [0.5, 0.6) is 0 Å². The number of rotatable bonds is 2. The topological polar surface area (TPSA) is 25.8 Å². The number of hydrogen-bond acceptors (Lipinski definition) is 4. The Morgan fingerprint density at radius 2 is 1.61 bits per heavy atom. The SMILES string of the molecule is CC(C)(C)Cc1ccc2sc3c4ncnc(-c5ccc6ccccc6c5)c4sc3c2c1. The molecule has 0 bridgehead atoms. The summed E-state index contributed by atoms with van der Waals surface area (Å²) in [6.07, 6.45) is 2.79. The van der Waals surface area contributed by atoms with Crippen LogP contribution in [0.3, 0.4) is 0 Å². The van der Waals surface area contributed by atoms with Gasteiger partial charge in [0.1, 0.15) is 11.8 Å². The second-order valence-corrected chi connectivity index (χ2v) is 11.5. The first-order valence-corrected chi connectivity index (χ1v) is 12.2. The zero-order valence-electron chi connectivity index (χ0n) is 17.8. The highest BCUT2D eigenvalue weighted by Gasteiger charge is 2.18. The highest BCUT2D eigenvalue weighted by molar-refractivity contribution is 7.36. The molecule has 152 valence electrons. The van der Waals surface area contributed by atoms with Crippen molar-refractivity contribution in [2.24, 2.45) is 5.41 Å². The third-order valence-electron chi connectivity index (χ3n) is 5.69. The normalized spacial score (nSPS) is 12.5. The molecule has 0 amide bonds. The van der Waals surface area contributed by atoms with Crippen molar-refractivity contribution in [2.45, 2.75) is 27.2 Å². The molecule has 6 rings (SSSR count). The summed E-state index contributed by atoms with van der Waals surface area (Å²) in [5.41, 5.74) is 4.94. The van der Waals surface area contributed by atoms with Gasteiger partial charge in [-0.3, -0.25) is 0 Å². The smallest absolute Gasteiger partial charge is 0.116 e. The molecule has 0 unspecified atom stereocenters. The summed E-state index contributed by atoms with van der Waals surface area (Å²) in [5.74, 6) is 0. The zero-order valence-corrected chi connectivity index (χ0v) is 19.4. The Morgan fingerprint density at radius 3 is 2.45 bits per heavy atom. The van der Waals surface area contributed by atoms with Crippen molar-refractivity contribution in [2.75, 3.05) is 0 Å². The lowest BCUT2D eigenvalue weighted by atomic mass is 9.88. The Hall–Kier alpha value is -2.82. The van der Waals surface area contributed by atoms with E-state index in [0.717, 1.165) is 23.2 Å². The molecule has 0 saturated carbocycles. The van der Waals surface area contributed by atoms with Crippen LogP contribution in [0.25, 0.3) is 51.7 Å². The Balaban J connectivity index is 1.57. The molecule has 3 aromatic heterocycles. The maximum atomic E-state index is 4.71. The molecule has 0 aliphatic carbocycles. The summed E-state index contributed by atoms with van der Waals surface area (Å²) in [6, 6.07) is 22.0. The van der Waals surface area contributed by atoms with Crippen LogP contribution in [0.15, 0.2) is 67.0 Å². The van der Waals surface area contributed by atoms with E-state index in [1.165, 1.54) is 40.5 Å². The van der Waals surface area contributed by atoms with Gasteiger partial charge in [-0.25, -0.2) is 9.97 Å². The monoisotopic (exact) mass is 438 g/mol. The number of thiophene rings is 2. The molecule has 0 fully saturated rings. The van der Waals surface area contributed by atoms with E-state index in [0.29, 0.717) is 0 Å². The molecule has 0 spiro atoms. The minimum atomic E-state index is 0.276. The van der Waals surface area contributed by atoms with Crippen LogP contribution in [0, 0.1) is 5.41 Å². The fraction of sp³-hybridized carbons (Fsp3) is 0.185. The fourth-order valence-corrected chi connectivity index (χ4v) is 7.03. The molecule has 2 nitrogen and oxygen atoms in total. The van der Waals surface area contributed by atoms with Gasteiger partial charge in [-0.05, 0) is 46.4 Å². The minimum Gasteiger partial charge on any atom is -0.235 e. The van der Waals surface area contributed by atoms with Gasteiger partial charge in [0.2, 0.25) is 0 Å². The average Bonchev–Trinajstić information content (AvgIpc) is 3.28. The third kappa shape index (κ3) is 3.22. The van der Waals surface area contributed by atoms with Gasteiger partial charge in [-0.1, -0.05) is 63.2 Å². The maximum absolute atomic E-state index is 4.71. The summed E-state index contributed by atoms with van der Waals surface area (Å²) >= 11 is 3.69. The van der Waals surface area contributed by atoms with Crippen molar-refractivity contribution < 1.29 is 0 Å². The summed E-state index contributed by atoms with van der Waals surface area (Å²) in [4.78, 5) is 9.41. The molecular formula is C27H22N2S2. The second kappa shape index (κ2) is 6.84. The molecule has 0 aliphatic heterocycles. The molecule has 0 atom stereocenters. The Morgan fingerprint density at radius 1 is 0.774 bits per heavy atom. The van der Waals surface area contributed by atoms with Gasteiger partial charge in [-0.2, -0.15) is 0 Å². The quantitative estimate of drug-likeness (QED) is 0.271. The molecule has 3 heterocycles. The van der Waals surface area contributed by atoms with Crippen LogP contribution in [-0.2, 0) is 6.42 Å². The molecule has 0 aliphatic rings. The molecule has 31 heavy (non-hydrogen) atoms. The summed E-state index contributed by atoms with van der Waals surface area (Å²) in [5, 5.41) is 3.85. The Bertz CT molecular complexity index is 1600. The van der Waals surface area contributed by atoms with E-state index in [2.05, 4.69) is 81.4 Å². The molecule has 0 N–H and O–H groups in total. The van der Waals surface area contributed by atoms with Crippen molar-refractivity contribution in [3.05, 3.63) is 72.6 Å². The van der Waals surface area contributed by atoms with Crippen molar-refractivity contribution >= 4 is 63.1 Å². The van der Waals surface area contributed by atoms with Crippen molar-refractivity contribution in [1.82, 2.24) is 9.97 Å². The number of aromatic nitrogens is 2. The van der Waals surface area contributed by atoms with Crippen LogP contribution in [0.2, 0.25) is 0 Å². The van der Waals surface area contributed by atoms with Crippen molar-refractivity contribution in [3.8, 4) is 11.3 Å². The minimum absolute atomic E-state index is 0.276. The first-order chi connectivity index (χ1) is 15.0. The number of benzene rings is 3. The Kier molecular flexibility index (Phi) is 4.17. The highest BCUT2D eigenvalue weighted by Crippen LogP contribution is 2.46. The van der Waals surface area contributed by atoms with E-state index in [1.807, 2.05) is 22.7 Å². The van der Waals surface area contributed by atoms with Gasteiger partial charge >= 0.3 is 0 Å². The summed E-state index contributed by atoms with van der Waals surface area (Å²) < 4.78 is 5.15. The average molecular weight is 439 g/mol. The van der Waals surface area contributed by atoms with Crippen LogP contribution >= 0.6 is 22.7 Å². The molecule has 3 aromatic carbocycles. The lowest BCUT2D eigenvalue weighted by Crippen LogP contribution is -2.08. The standard InChI is InChI=1S/C27H22N2S2/c1-27(2,3)14-16-8-11-21-20(12-16)24-26(30-21)23-25(31-24)22(28-15-29-23)19-10-9-17-6-4-5-7-18(17)13-19/h4-13,15H,14H2,1-3H3. The summed E-state index contributed by atoms with van der Waals surface area (Å²) in [7, 11) is 0. The third-order valence-corrected chi connectivity index (χ3v) is 8.21. The molecule has 0 radical (unpaired) electrons. The van der Waals surface area contributed by atoms with Crippen molar-refractivity contribution in [1.29, 1.82) is 0 Å². The van der Waals surface area contributed by atoms with E-state index >= 15 is 0 Å². The van der Waals surface area contributed by atoms with Gasteiger partial charge < -0.3 is 0 Å². The van der Waals surface area contributed by atoms with Gasteiger partial charge in [0.15, 0.2) is 0 Å². The predicted octanol–water partition coefficient (Wildman–Crippen LogP) is 8.47. The summed E-state index contributed by atoms with van der Waals surface area (Å²) in [6.45, 7) is 6.89.